The molecule has 0 saturated carbocycles. The topological polar surface area (TPSA) is 111 Å². The number of hydrazone groups is 1. The Morgan fingerprint density at radius 2 is 1.52 bits per heavy atom. The number of H-pyrrole nitrogens is 1. The molecule has 2 N–H and O–H groups in total. The Bertz CT molecular complexity index is 1770. The lowest BCUT2D eigenvalue weighted by molar-refractivity contribution is 0.0733. The number of benzene rings is 4. The van der Waals surface area contributed by atoms with Crippen molar-refractivity contribution in [2.24, 2.45) is 5.10 Å². The molecule has 5 aromatic rings. The zero-order valence-corrected chi connectivity index (χ0v) is 25.1. The molecule has 0 spiro atoms. The predicted octanol–water partition coefficient (Wildman–Crippen LogP) is 6.45. The first kappa shape index (κ1) is 28.7. The molecule has 0 atom stereocenters. The number of esters is 1. The molecular weight excluding hydrogens is 649 g/mol. The number of halogens is 1. The molecule has 1 heterocycles. The van der Waals surface area contributed by atoms with Gasteiger partial charge in [-0.25, -0.2) is 10.2 Å². The molecule has 4 aromatic carbocycles. The molecule has 0 unspecified atom stereocenters. The molecular formula is C32H26IN3O6. The van der Waals surface area contributed by atoms with Crippen molar-refractivity contribution in [3.05, 3.63) is 105 Å². The summed E-state index contributed by atoms with van der Waals surface area (Å²) in [5.41, 5.74) is 6.24. The number of rotatable bonds is 9. The molecule has 212 valence electrons. The zero-order valence-electron chi connectivity index (χ0n) is 22.9. The fourth-order valence-corrected chi connectivity index (χ4v) is 5.14. The number of carbonyl (C=O) groups is 2. The third-order valence-electron chi connectivity index (χ3n) is 6.46. The third kappa shape index (κ3) is 5.79. The van der Waals surface area contributed by atoms with Crippen molar-refractivity contribution >= 4 is 51.6 Å². The van der Waals surface area contributed by atoms with Crippen LogP contribution in [-0.2, 0) is 0 Å². The Balaban J connectivity index is 1.39. The van der Waals surface area contributed by atoms with E-state index < -0.39 is 11.9 Å². The van der Waals surface area contributed by atoms with Gasteiger partial charge in [0.15, 0.2) is 11.5 Å². The second kappa shape index (κ2) is 12.8. The van der Waals surface area contributed by atoms with E-state index in [9.17, 15) is 9.59 Å². The van der Waals surface area contributed by atoms with E-state index in [1.54, 1.807) is 24.3 Å². The van der Waals surface area contributed by atoms with Crippen LogP contribution in [-0.4, -0.2) is 44.4 Å². The van der Waals surface area contributed by atoms with Gasteiger partial charge in [-0.2, -0.15) is 5.10 Å². The summed E-state index contributed by atoms with van der Waals surface area (Å²) < 4.78 is 22.7. The average Bonchev–Trinajstić information content (AvgIpc) is 3.42. The fraction of sp³-hybridized carbons (Fsp3) is 0.0938. The predicted molar refractivity (Wildman–Crippen MR) is 169 cm³/mol. The monoisotopic (exact) mass is 675 g/mol. The number of nitrogens with zero attached hydrogens (tertiary/aromatic N) is 1. The minimum atomic E-state index is -0.640. The Kier molecular flexibility index (Phi) is 8.72. The second-order valence-electron chi connectivity index (χ2n) is 8.94. The number of ether oxygens (including phenoxy) is 4. The highest BCUT2D eigenvalue weighted by molar-refractivity contribution is 14.1. The second-order valence-corrected chi connectivity index (χ2v) is 10.1. The molecule has 0 saturated heterocycles. The van der Waals surface area contributed by atoms with Gasteiger partial charge in [0.05, 0.1) is 38.6 Å². The Morgan fingerprint density at radius 1 is 0.833 bits per heavy atom. The Hall–Kier alpha value is -4.84. The number of fused-ring (bicyclic) bond motifs is 1. The summed E-state index contributed by atoms with van der Waals surface area (Å²) >= 11 is 2.24. The highest BCUT2D eigenvalue weighted by Crippen LogP contribution is 2.38. The van der Waals surface area contributed by atoms with Crippen LogP contribution in [0.5, 0.6) is 23.0 Å². The van der Waals surface area contributed by atoms with Crippen LogP contribution in [0, 0.1) is 3.57 Å². The van der Waals surface area contributed by atoms with Crippen LogP contribution >= 0.6 is 22.6 Å². The third-order valence-corrected chi connectivity index (χ3v) is 7.36. The largest absolute Gasteiger partial charge is 0.493 e. The van der Waals surface area contributed by atoms with Gasteiger partial charge in [-0.05, 0) is 58.5 Å². The van der Waals surface area contributed by atoms with Crippen LogP contribution in [0.3, 0.4) is 0 Å². The van der Waals surface area contributed by atoms with Gasteiger partial charge in [-0.15, -0.1) is 0 Å². The zero-order chi connectivity index (χ0) is 29.6. The highest BCUT2D eigenvalue weighted by Gasteiger charge is 2.21. The lowest BCUT2D eigenvalue weighted by atomic mass is 10.0. The van der Waals surface area contributed by atoms with Crippen molar-refractivity contribution < 1.29 is 28.5 Å². The number of hydrogen-bond acceptors (Lipinski definition) is 7. The van der Waals surface area contributed by atoms with Gasteiger partial charge in [0.2, 0.25) is 5.75 Å². The number of hydrogen-bond donors (Lipinski definition) is 2. The first-order chi connectivity index (χ1) is 20.4. The average molecular weight is 675 g/mol. The van der Waals surface area contributed by atoms with Crippen molar-refractivity contribution in [1.29, 1.82) is 0 Å². The molecule has 0 aliphatic heterocycles. The van der Waals surface area contributed by atoms with Crippen molar-refractivity contribution in [2.75, 3.05) is 21.3 Å². The number of carbonyl (C=O) groups excluding carboxylic acids is 2. The van der Waals surface area contributed by atoms with Crippen LogP contribution in [0.25, 0.3) is 22.0 Å². The number of amides is 1. The van der Waals surface area contributed by atoms with Crippen LogP contribution in [0.2, 0.25) is 0 Å². The normalized spacial score (nSPS) is 11.0. The molecule has 0 radical (unpaired) electrons. The summed E-state index contributed by atoms with van der Waals surface area (Å²) in [5.74, 6) is 0.202. The summed E-state index contributed by atoms with van der Waals surface area (Å²) in [6.45, 7) is 0. The maximum absolute atomic E-state index is 13.4. The fourth-order valence-electron chi connectivity index (χ4n) is 4.51. The minimum Gasteiger partial charge on any atom is -0.493 e. The van der Waals surface area contributed by atoms with E-state index in [1.165, 1.54) is 39.7 Å². The molecule has 1 amide bonds. The highest BCUT2D eigenvalue weighted by atomic mass is 127. The molecule has 42 heavy (non-hydrogen) atoms. The van der Waals surface area contributed by atoms with Crippen LogP contribution in [0.15, 0.2) is 90.0 Å². The van der Waals surface area contributed by atoms with E-state index in [2.05, 4.69) is 38.1 Å². The molecule has 9 nitrogen and oxygen atoms in total. The van der Waals surface area contributed by atoms with Gasteiger partial charge in [-0.3, -0.25) is 4.79 Å². The SMILES string of the molecule is COc1cc(C(=O)Oc2ccccc2C=NNC(=O)c2[nH]c3c(I)cccc3c2-c2ccccc2)cc(OC)c1OC. The molecule has 0 aliphatic carbocycles. The van der Waals surface area contributed by atoms with Gasteiger partial charge in [0.1, 0.15) is 11.4 Å². The maximum Gasteiger partial charge on any atom is 0.343 e. The quantitative estimate of drug-likeness (QED) is 0.0611. The van der Waals surface area contributed by atoms with Gasteiger partial charge in [-0.1, -0.05) is 54.6 Å². The van der Waals surface area contributed by atoms with E-state index in [0.29, 0.717) is 28.5 Å². The molecule has 1 aromatic heterocycles. The number of aromatic nitrogens is 1. The van der Waals surface area contributed by atoms with Gasteiger partial charge < -0.3 is 23.9 Å². The molecule has 0 aliphatic rings. The first-order valence-electron chi connectivity index (χ1n) is 12.7. The molecule has 0 bridgehead atoms. The Labute approximate surface area is 255 Å². The van der Waals surface area contributed by atoms with E-state index in [-0.39, 0.29) is 11.3 Å². The summed E-state index contributed by atoms with van der Waals surface area (Å²) in [6, 6.07) is 25.5. The number of nitrogens with one attached hydrogen (secondary N) is 2. The van der Waals surface area contributed by atoms with Gasteiger partial charge in [0.25, 0.3) is 5.91 Å². The lowest BCUT2D eigenvalue weighted by Gasteiger charge is -2.14. The van der Waals surface area contributed by atoms with E-state index in [1.807, 2.05) is 48.5 Å². The van der Waals surface area contributed by atoms with Crippen molar-refractivity contribution in [3.8, 4) is 34.1 Å². The Morgan fingerprint density at radius 3 is 2.21 bits per heavy atom. The van der Waals surface area contributed by atoms with Crippen molar-refractivity contribution in [2.45, 2.75) is 0 Å². The summed E-state index contributed by atoms with van der Waals surface area (Å²) in [7, 11) is 4.41. The van der Waals surface area contributed by atoms with Gasteiger partial charge in [0, 0.05) is 20.1 Å². The standard InChI is InChI=1S/C32H26IN3O6/c1-39-25-16-21(17-26(40-2)30(25)41-3)32(38)42-24-15-8-7-12-20(24)18-34-36-31(37)29-27(19-10-5-4-6-11-19)22-13-9-14-23(33)28(22)35-29/h4-18,35H,1-3H3,(H,36,37). The smallest absolute Gasteiger partial charge is 0.343 e. The van der Waals surface area contributed by atoms with Crippen LogP contribution in [0.1, 0.15) is 26.4 Å². The van der Waals surface area contributed by atoms with E-state index >= 15 is 0 Å². The van der Waals surface area contributed by atoms with Gasteiger partial charge >= 0.3 is 5.97 Å². The lowest BCUT2D eigenvalue weighted by Crippen LogP contribution is -2.19. The first-order valence-corrected chi connectivity index (χ1v) is 13.8. The molecule has 10 heteroatoms. The number of methoxy groups -OCH3 is 3. The summed E-state index contributed by atoms with van der Waals surface area (Å²) in [5, 5.41) is 5.11. The summed E-state index contributed by atoms with van der Waals surface area (Å²) in [4.78, 5) is 29.7. The minimum absolute atomic E-state index is 0.200. The molecule has 5 rings (SSSR count). The summed E-state index contributed by atoms with van der Waals surface area (Å²) in [6.07, 6.45) is 1.42. The van der Waals surface area contributed by atoms with Crippen molar-refractivity contribution in [1.82, 2.24) is 10.4 Å². The van der Waals surface area contributed by atoms with Crippen LogP contribution < -0.4 is 24.4 Å². The maximum atomic E-state index is 13.4. The van der Waals surface area contributed by atoms with E-state index in [0.717, 1.165) is 25.6 Å². The number of aromatic amines is 1. The van der Waals surface area contributed by atoms with Crippen LogP contribution in [0.4, 0.5) is 0 Å². The number of para-hydroxylation sites is 2. The van der Waals surface area contributed by atoms with E-state index in [4.69, 9.17) is 18.9 Å². The molecule has 0 fully saturated rings. The van der Waals surface area contributed by atoms with Crippen molar-refractivity contribution in [3.63, 3.8) is 0 Å².